The van der Waals surface area contributed by atoms with Gasteiger partial charge in [0, 0.05) is 23.6 Å². The van der Waals surface area contributed by atoms with Crippen LogP contribution in [0.5, 0.6) is 5.75 Å². The largest absolute Gasteiger partial charge is 0.492 e. The molecule has 1 aromatic rings. The molecule has 1 heterocycles. The number of hydrogen-bond acceptors (Lipinski definition) is 3. The molecule has 1 unspecified atom stereocenters. The zero-order chi connectivity index (χ0) is 13.9. The van der Waals surface area contributed by atoms with E-state index in [2.05, 4.69) is 27.8 Å². The van der Waals surface area contributed by atoms with Crippen LogP contribution < -0.4 is 10.5 Å². The second-order valence-corrected chi connectivity index (χ2v) is 6.41. The number of hydrogen-bond donors (Lipinski definition) is 1. The molecule has 0 spiro atoms. The van der Waals surface area contributed by atoms with Gasteiger partial charge in [0.2, 0.25) is 0 Å². The summed E-state index contributed by atoms with van der Waals surface area (Å²) in [5, 5.41) is 0. The highest BCUT2D eigenvalue weighted by Crippen LogP contribution is 2.28. The van der Waals surface area contributed by atoms with Crippen LogP contribution in [-0.4, -0.2) is 37.7 Å². The van der Waals surface area contributed by atoms with Gasteiger partial charge in [0.1, 0.15) is 18.2 Å². The smallest absolute Gasteiger partial charge is 0.128 e. The third-order valence-electron chi connectivity index (χ3n) is 3.64. The normalized spacial score (nSPS) is 22.6. The van der Waals surface area contributed by atoms with E-state index in [0.717, 1.165) is 32.6 Å². The molecule has 3 nitrogen and oxygen atoms in total. The van der Waals surface area contributed by atoms with Gasteiger partial charge in [-0.25, -0.2) is 4.39 Å². The van der Waals surface area contributed by atoms with Crippen LogP contribution in [-0.2, 0) is 0 Å². The summed E-state index contributed by atoms with van der Waals surface area (Å²) in [6.45, 7) is 6.43. The van der Waals surface area contributed by atoms with Crippen LogP contribution in [0.2, 0.25) is 0 Å². The zero-order valence-corrected chi connectivity index (χ0v) is 14.0. The van der Waals surface area contributed by atoms with E-state index in [4.69, 9.17) is 10.5 Å². The number of nitrogens with zero attached hydrogens (tertiary/aromatic N) is 1. The summed E-state index contributed by atoms with van der Waals surface area (Å²) >= 11 is 3.25. The lowest BCUT2D eigenvalue weighted by atomic mass is 9.90. The lowest BCUT2D eigenvalue weighted by Crippen LogP contribution is -2.33. The van der Waals surface area contributed by atoms with Crippen molar-refractivity contribution in [1.82, 2.24) is 4.90 Å². The summed E-state index contributed by atoms with van der Waals surface area (Å²) in [5.74, 6) is 0.272. The molecular formula is C14H21BrClFN2O. The maximum atomic E-state index is 13.2. The van der Waals surface area contributed by atoms with Gasteiger partial charge in [-0.1, -0.05) is 22.9 Å². The Kier molecular flexibility index (Phi) is 6.72. The van der Waals surface area contributed by atoms with Crippen molar-refractivity contribution >= 4 is 28.3 Å². The van der Waals surface area contributed by atoms with Crippen LogP contribution in [0.25, 0.3) is 0 Å². The molecule has 1 saturated heterocycles. The Morgan fingerprint density at radius 1 is 1.45 bits per heavy atom. The van der Waals surface area contributed by atoms with Gasteiger partial charge in [-0.3, -0.25) is 4.90 Å². The number of benzene rings is 1. The Hall–Kier alpha value is -0.360. The Morgan fingerprint density at radius 3 is 2.80 bits per heavy atom. The van der Waals surface area contributed by atoms with Crippen molar-refractivity contribution in [2.75, 3.05) is 32.8 Å². The van der Waals surface area contributed by atoms with Crippen LogP contribution >= 0.6 is 28.3 Å². The van der Waals surface area contributed by atoms with Gasteiger partial charge < -0.3 is 10.5 Å². The molecule has 0 aromatic heterocycles. The van der Waals surface area contributed by atoms with Gasteiger partial charge in [0.15, 0.2) is 0 Å². The Morgan fingerprint density at radius 2 is 2.20 bits per heavy atom. The van der Waals surface area contributed by atoms with E-state index in [1.54, 1.807) is 6.07 Å². The molecule has 0 amide bonds. The minimum absolute atomic E-state index is 0. The number of ether oxygens (including phenoxy) is 1. The second kappa shape index (κ2) is 7.59. The fourth-order valence-electron chi connectivity index (χ4n) is 2.39. The van der Waals surface area contributed by atoms with E-state index < -0.39 is 0 Å². The van der Waals surface area contributed by atoms with Gasteiger partial charge in [0.25, 0.3) is 0 Å². The fraction of sp³-hybridized carbons (Fsp3) is 0.571. The molecule has 20 heavy (non-hydrogen) atoms. The monoisotopic (exact) mass is 366 g/mol. The number of rotatable bonds is 5. The van der Waals surface area contributed by atoms with Crippen molar-refractivity contribution in [2.24, 2.45) is 11.1 Å². The lowest BCUT2D eigenvalue weighted by molar-refractivity contribution is 0.219. The average molecular weight is 368 g/mol. The Balaban J connectivity index is 0.00000200. The van der Waals surface area contributed by atoms with E-state index in [1.807, 2.05) is 0 Å². The van der Waals surface area contributed by atoms with Crippen LogP contribution in [0, 0.1) is 11.2 Å². The standard InChI is InChI=1S/C14H20BrFN2O.ClH/c1-14(9-17)2-3-18(10-14)4-5-19-13-7-11(15)6-12(16)8-13;/h6-8H,2-5,9-10,17H2,1H3;1H. The molecule has 1 fully saturated rings. The van der Waals surface area contributed by atoms with Crippen molar-refractivity contribution in [1.29, 1.82) is 0 Å². The minimum atomic E-state index is -0.291. The topological polar surface area (TPSA) is 38.5 Å². The maximum Gasteiger partial charge on any atom is 0.128 e. The molecular weight excluding hydrogens is 347 g/mol. The number of likely N-dealkylation sites (tertiary alicyclic amines) is 1. The highest BCUT2D eigenvalue weighted by Gasteiger charge is 2.31. The third-order valence-corrected chi connectivity index (χ3v) is 4.10. The average Bonchev–Trinajstić information content (AvgIpc) is 2.71. The molecule has 1 aromatic carbocycles. The maximum absolute atomic E-state index is 13.2. The SMILES string of the molecule is CC1(CN)CCN(CCOc2cc(F)cc(Br)c2)C1.Cl. The highest BCUT2D eigenvalue weighted by atomic mass is 79.9. The molecule has 1 aliphatic rings. The van der Waals surface area contributed by atoms with E-state index in [1.165, 1.54) is 12.1 Å². The van der Waals surface area contributed by atoms with Gasteiger partial charge in [-0.2, -0.15) is 0 Å². The molecule has 6 heteroatoms. The molecule has 2 N–H and O–H groups in total. The van der Waals surface area contributed by atoms with Crippen molar-refractivity contribution in [2.45, 2.75) is 13.3 Å². The summed E-state index contributed by atoms with van der Waals surface area (Å²) in [4.78, 5) is 2.35. The molecule has 114 valence electrons. The fourth-order valence-corrected chi connectivity index (χ4v) is 2.83. The third kappa shape index (κ3) is 4.88. The van der Waals surface area contributed by atoms with E-state index in [9.17, 15) is 4.39 Å². The van der Waals surface area contributed by atoms with Gasteiger partial charge >= 0.3 is 0 Å². The lowest BCUT2D eigenvalue weighted by Gasteiger charge is -2.22. The van der Waals surface area contributed by atoms with Crippen molar-refractivity contribution in [3.63, 3.8) is 0 Å². The molecule has 1 aliphatic heterocycles. The summed E-state index contributed by atoms with van der Waals surface area (Å²) in [5.41, 5.74) is 6.02. The summed E-state index contributed by atoms with van der Waals surface area (Å²) in [6.07, 6.45) is 1.13. The summed E-state index contributed by atoms with van der Waals surface area (Å²) in [6, 6.07) is 4.59. The van der Waals surface area contributed by atoms with Gasteiger partial charge in [0.05, 0.1) is 0 Å². The molecule has 0 radical (unpaired) electrons. The van der Waals surface area contributed by atoms with Crippen LogP contribution in [0.15, 0.2) is 22.7 Å². The second-order valence-electron chi connectivity index (χ2n) is 5.49. The quantitative estimate of drug-likeness (QED) is 0.869. The molecule has 0 aliphatic carbocycles. The van der Waals surface area contributed by atoms with E-state index >= 15 is 0 Å². The van der Waals surface area contributed by atoms with Crippen molar-refractivity contribution in [3.8, 4) is 5.75 Å². The van der Waals surface area contributed by atoms with Crippen LogP contribution in [0.4, 0.5) is 4.39 Å². The van der Waals surface area contributed by atoms with Crippen LogP contribution in [0.1, 0.15) is 13.3 Å². The number of halogens is 3. The first-order chi connectivity index (χ1) is 9.00. The molecule has 2 rings (SSSR count). The number of nitrogens with two attached hydrogens (primary N) is 1. The first kappa shape index (κ1) is 17.7. The van der Waals surface area contributed by atoms with Gasteiger partial charge in [-0.15, -0.1) is 12.4 Å². The van der Waals surface area contributed by atoms with Crippen LogP contribution in [0.3, 0.4) is 0 Å². The predicted octanol–water partition coefficient (Wildman–Crippen LogP) is 3.06. The zero-order valence-electron chi connectivity index (χ0n) is 11.6. The van der Waals surface area contributed by atoms with Gasteiger partial charge in [-0.05, 0) is 37.1 Å². The molecule has 0 saturated carbocycles. The summed E-state index contributed by atoms with van der Waals surface area (Å²) in [7, 11) is 0. The predicted molar refractivity (Wildman–Crippen MR) is 85.1 cm³/mol. The van der Waals surface area contributed by atoms with Crippen molar-refractivity contribution < 1.29 is 9.13 Å². The first-order valence-corrected chi connectivity index (χ1v) is 7.31. The Bertz CT molecular complexity index is 429. The summed E-state index contributed by atoms with van der Waals surface area (Å²) < 4.78 is 19.5. The highest BCUT2D eigenvalue weighted by molar-refractivity contribution is 9.10. The van der Waals surface area contributed by atoms with Crippen molar-refractivity contribution in [3.05, 3.63) is 28.5 Å². The molecule has 1 atom stereocenters. The minimum Gasteiger partial charge on any atom is -0.492 e. The van der Waals surface area contributed by atoms with E-state index in [-0.39, 0.29) is 23.6 Å². The first-order valence-electron chi connectivity index (χ1n) is 6.52. The van der Waals surface area contributed by atoms with E-state index in [0.29, 0.717) is 16.8 Å². The Labute approximate surface area is 134 Å². The molecule has 0 bridgehead atoms.